The zero-order valence-corrected chi connectivity index (χ0v) is 28.3. The van der Waals surface area contributed by atoms with Gasteiger partial charge in [-0.05, 0) is 74.7 Å². The number of carbonyl (C=O) groups is 3. The molecule has 238 valence electrons. The SMILES string of the molecule is CCC(Sc1cccc(NC(=O)/C(=C/c2ccccc2C)NC(=O)c2ccccc2)c1)C(=O)Nc1nc(-c2ccc(C)cc2)c(C)s1. The first-order valence-electron chi connectivity index (χ1n) is 15.3. The Hall–Kier alpha value is -4.99. The Kier molecular flexibility index (Phi) is 11.0. The quantitative estimate of drug-likeness (QED) is 0.0973. The summed E-state index contributed by atoms with van der Waals surface area (Å²) in [7, 11) is 0. The van der Waals surface area contributed by atoms with Crippen molar-refractivity contribution in [3.8, 4) is 11.3 Å². The molecule has 0 fully saturated rings. The number of hydrogen-bond donors (Lipinski definition) is 3. The van der Waals surface area contributed by atoms with Gasteiger partial charge in [0.1, 0.15) is 5.70 Å². The molecule has 0 aliphatic rings. The van der Waals surface area contributed by atoms with Crippen LogP contribution in [0.15, 0.2) is 114 Å². The van der Waals surface area contributed by atoms with Crippen LogP contribution in [0.3, 0.4) is 0 Å². The van der Waals surface area contributed by atoms with E-state index in [1.54, 1.807) is 36.4 Å². The van der Waals surface area contributed by atoms with Gasteiger partial charge in [-0.1, -0.05) is 85.3 Å². The number of aromatic nitrogens is 1. The minimum Gasteiger partial charge on any atom is -0.321 e. The predicted molar refractivity (Wildman–Crippen MR) is 194 cm³/mol. The topological polar surface area (TPSA) is 100 Å². The Balaban J connectivity index is 1.29. The van der Waals surface area contributed by atoms with E-state index in [1.165, 1.54) is 28.7 Å². The number of thiazole rings is 1. The third-order valence-electron chi connectivity index (χ3n) is 7.40. The molecule has 1 aromatic heterocycles. The molecule has 3 N–H and O–H groups in total. The van der Waals surface area contributed by atoms with Crippen molar-refractivity contribution >= 4 is 57.7 Å². The van der Waals surface area contributed by atoms with Crippen molar-refractivity contribution < 1.29 is 14.4 Å². The summed E-state index contributed by atoms with van der Waals surface area (Å²) < 4.78 is 0. The maximum atomic E-state index is 13.6. The van der Waals surface area contributed by atoms with E-state index in [2.05, 4.69) is 28.1 Å². The van der Waals surface area contributed by atoms with Gasteiger partial charge in [0.2, 0.25) is 5.91 Å². The van der Waals surface area contributed by atoms with Crippen LogP contribution < -0.4 is 16.0 Å². The molecule has 0 spiro atoms. The summed E-state index contributed by atoms with van der Waals surface area (Å²) in [6, 6.07) is 31.9. The maximum absolute atomic E-state index is 13.6. The summed E-state index contributed by atoms with van der Waals surface area (Å²) in [5, 5.41) is 8.90. The predicted octanol–water partition coefficient (Wildman–Crippen LogP) is 8.65. The molecule has 7 nitrogen and oxygen atoms in total. The van der Waals surface area contributed by atoms with Crippen molar-refractivity contribution in [1.82, 2.24) is 10.3 Å². The van der Waals surface area contributed by atoms with Crippen LogP contribution in [0.5, 0.6) is 0 Å². The summed E-state index contributed by atoms with van der Waals surface area (Å²) in [5.41, 5.74) is 5.93. The molecule has 5 aromatic rings. The van der Waals surface area contributed by atoms with Gasteiger partial charge in [0, 0.05) is 26.6 Å². The van der Waals surface area contributed by atoms with E-state index in [-0.39, 0.29) is 22.8 Å². The molecule has 0 aliphatic carbocycles. The van der Waals surface area contributed by atoms with E-state index in [9.17, 15) is 14.4 Å². The average Bonchev–Trinajstić information content (AvgIpc) is 3.44. The maximum Gasteiger partial charge on any atom is 0.272 e. The van der Waals surface area contributed by atoms with E-state index in [1.807, 2.05) is 88.4 Å². The Morgan fingerprint density at radius 2 is 1.57 bits per heavy atom. The molecular weight excluding hydrogens is 625 g/mol. The number of thioether (sulfide) groups is 1. The van der Waals surface area contributed by atoms with E-state index >= 15 is 0 Å². The van der Waals surface area contributed by atoms with Gasteiger partial charge in [0.15, 0.2) is 5.13 Å². The van der Waals surface area contributed by atoms with Gasteiger partial charge in [0.25, 0.3) is 11.8 Å². The first-order chi connectivity index (χ1) is 22.7. The molecule has 0 bridgehead atoms. The minimum atomic E-state index is -0.465. The lowest BCUT2D eigenvalue weighted by atomic mass is 10.1. The van der Waals surface area contributed by atoms with Gasteiger partial charge in [-0.15, -0.1) is 23.1 Å². The van der Waals surface area contributed by atoms with Gasteiger partial charge in [-0.3, -0.25) is 14.4 Å². The number of aryl methyl sites for hydroxylation is 3. The van der Waals surface area contributed by atoms with Crippen molar-refractivity contribution in [1.29, 1.82) is 0 Å². The van der Waals surface area contributed by atoms with Crippen LogP contribution in [-0.2, 0) is 9.59 Å². The zero-order valence-electron chi connectivity index (χ0n) is 26.7. The van der Waals surface area contributed by atoms with Crippen molar-refractivity contribution in [2.75, 3.05) is 10.6 Å². The highest BCUT2D eigenvalue weighted by Gasteiger charge is 2.21. The van der Waals surface area contributed by atoms with Crippen molar-refractivity contribution in [3.05, 3.63) is 136 Å². The molecule has 0 radical (unpaired) electrons. The highest BCUT2D eigenvalue weighted by atomic mass is 32.2. The number of amides is 3. The summed E-state index contributed by atoms with van der Waals surface area (Å²) in [6.45, 7) is 7.96. The monoisotopic (exact) mass is 660 g/mol. The van der Waals surface area contributed by atoms with Crippen LogP contribution >= 0.6 is 23.1 Å². The summed E-state index contributed by atoms with van der Waals surface area (Å²) >= 11 is 2.87. The molecule has 9 heteroatoms. The molecule has 1 heterocycles. The standard InChI is InChI=1S/C38H36N4O3S2/c1-5-33(37(45)42-38-41-34(26(4)46-38)27-20-18-24(2)19-21-27)47-31-17-11-16-30(23-31)39-36(44)32(22-29-15-10-9-12-25(29)3)40-35(43)28-13-7-6-8-14-28/h6-23,33H,5H2,1-4H3,(H,39,44)(H,40,43)(H,41,42,45)/b32-22-. The van der Waals surface area contributed by atoms with Crippen molar-refractivity contribution in [3.63, 3.8) is 0 Å². The molecule has 0 saturated carbocycles. The number of rotatable bonds is 11. The Bertz CT molecular complexity index is 1920. The van der Waals surface area contributed by atoms with Crippen LogP contribution in [0.2, 0.25) is 0 Å². The number of carbonyl (C=O) groups excluding carboxylic acids is 3. The lowest BCUT2D eigenvalue weighted by Gasteiger charge is -2.15. The van der Waals surface area contributed by atoms with E-state index in [0.29, 0.717) is 22.8 Å². The normalized spacial score (nSPS) is 11.9. The zero-order chi connectivity index (χ0) is 33.3. The Morgan fingerprint density at radius 3 is 2.30 bits per heavy atom. The Morgan fingerprint density at radius 1 is 0.851 bits per heavy atom. The summed E-state index contributed by atoms with van der Waals surface area (Å²) in [4.78, 5) is 46.5. The second-order valence-electron chi connectivity index (χ2n) is 11.0. The molecule has 0 saturated heterocycles. The van der Waals surface area contributed by atoms with Gasteiger partial charge in [0.05, 0.1) is 10.9 Å². The minimum absolute atomic E-state index is 0.112. The molecule has 1 atom stereocenters. The van der Waals surface area contributed by atoms with Crippen LogP contribution in [0, 0.1) is 20.8 Å². The fraction of sp³-hybridized carbons (Fsp3) is 0.158. The number of nitrogens with zero attached hydrogens (tertiary/aromatic N) is 1. The summed E-state index contributed by atoms with van der Waals surface area (Å²) in [5.74, 6) is -0.987. The highest BCUT2D eigenvalue weighted by molar-refractivity contribution is 8.00. The Labute approximate surface area is 283 Å². The smallest absolute Gasteiger partial charge is 0.272 e. The van der Waals surface area contributed by atoms with Gasteiger partial charge in [-0.2, -0.15) is 0 Å². The molecule has 0 aliphatic heterocycles. The summed E-state index contributed by atoms with van der Waals surface area (Å²) in [6.07, 6.45) is 2.27. The molecular formula is C38H36N4O3S2. The molecule has 5 rings (SSSR count). The third-order valence-corrected chi connectivity index (χ3v) is 9.65. The largest absolute Gasteiger partial charge is 0.321 e. The van der Waals surface area contributed by atoms with Gasteiger partial charge < -0.3 is 16.0 Å². The lowest BCUT2D eigenvalue weighted by Crippen LogP contribution is -2.30. The van der Waals surface area contributed by atoms with Gasteiger partial charge in [-0.25, -0.2) is 4.98 Å². The third kappa shape index (κ3) is 8.84. The lowest BCUT2D eigenvalue weighted by molar-refractivity contribution is -0.116. The fourth-order valence-corrected chi connectivity index (χ4v) is 6.65. The number of anilines is 2. The number of benzene rings is 4. The second kappa shape index (κ2) is 15.5. The molecule has 1 unspecified atom stereocenters. The van der Waals surface area contributed by atoms with Crippen molar-refractivity contribution in [2.24, 2.45) is 0 Å². The van der Waals surface area contributed by atoms with Crippen LogP contribution in [0.25, 0.3) is 17.3 Å². The van der Waals surface area contributed by atoms with Crippen LogP contribution in [-0.4, -0.2) is 28.0 Å². The fourth-order valence-electron chi connectivity index (χ4n) is 4.79. The second-order valence-corrected chi connectivity index (χ2v) is 13.5. The van der Waals surface area contributed by atoms with E-state index in [4.69, 9.17) is 4.98 Å². The molecule has 3 amide bonds. The number of nitrogens with one attached hydrogen (secondary N) is 3. The van der Waals surface area contributed by atoms with Crippen LogP contribution in [0.1, 0.15) is 45.3 Å². The van der Waals surface area contributed by atoms with E-state index < -0.39 is 5.91 Å². The first-order valence-corrected chi connectivity index (χ1v) is 17.0. The van der Waals surface area contributed by atoms with Crippen LogP contribution in [0.4, 0.5) is 10.8 Å². The van der Waals surface area contributed by atoms with Crippen molar-refractivity contribution in [2.45, 2.75) is 44.3 Å². The number of hydrogen-bond acceptors (Lipinski definition) is 6. The van der Waals surface area contributed by atoms with E-state index in [0.717, 1.165) is 32.2 Å². The average molecular weight is 661 g/mol. The first kappa shape index (κ1) is 33.4. The van der Waals surface area contributed by atoms with Gasteiger partial charge >= 0.3 is 0 Å². The molecule has 4 aromatic carbocycles. The molecule has 47 heavy (non-hydrogen) atoms. The highest BCUT2D eigenvalue weighted by Crippen LogP contribution is 2.33.